The predicted octanol–water partition coefficient (Wildman–Crippen LogP) is 3.49. The molecule has 0 unspecified atom stereocenters. The SMILES string of the molecule is C=C(C)[C@H]1CC[C@H](C)/C(=C/C(=O)OCC)C1. The van der Waals surface area contributed by atoms with Crippen molar-refractivity contribution < 1.29 is 9.53 Å². The van der Waals surface area contributed by atoms with Gasteiger partial charge in [-0.05, 0) is 44.9 Å². The maximum absolute atomic E-state index is 11.4. The van der Waals surface area contributed by atoms with E-state index in [2.05, 4.69) is 20.4 Å². The molecule has 0 radical (unpaired) electrons. The first-order chi connectivity index (χ1) is 7.54. The zero-order valence-corrected chi connectivity index (χ0v) is 10.6. The molecule has 0 aromatic carbocycles. The third-order valence-corrected chi connectivity index (χ3v) is 3.35. The summed E-state index contributed by atoms with van der Waals surface area (Å²) in [4.78, 5) is 11.4. The van der Waals surface area contributed by atoms with E-state index in [9.17, 15) is 4.79 Å². The van der Waals surface area contributed by atoms with Crippen LogP contribution in [0.5, 0.6) is 0 Å². The molecule has 0 aliphatic heterocycles. The lowest BCUT2D eigenvalue weighted by Crippen LogP contribution is -2.17. The Morgan fingerprint density at radius 1 is 1.56 bits per heavy atom. The van der Waals surface area contributed by atoms with E-state index < -0.39 is 0 Å². The molecule has 2 heteroatoms. The summed E-state index contributed by atoms with van der Waals surface area (Å²) in [6.45, 7) is 10.5. The average Bonchev–Trinajstić information content (AvgIpc) is 2.21. The molecular weight excluding hydrogens is 200 g/mol. The summed E-state index contributed by atoms with van der Waals surface area (Å²) in [5, 5.41) is 0. The lowest BCUT2D eigenvalue weighted by molar-refractivity contribution is -0.137. The molecule has 16 heavy (non-hydrogen) atoms. The Morgan fingerprint density at radius 2 is 2.25 bits per heavy atom. The molecule has 1 aliphatic carbocycles. The van der Waals surface area contributed by atoms with Crippen molar-refractivity contribution in [3.8, 4) is 0 Å². The minimum atomic E-state index is -0.202. The Kier molecular flexibility index (Phi) is 4.78. The van der Waals surface area contributed by atoms with Crippen LogP contribution in [0.1, 0.15) is 40.0 Å². The monoisotopic (exact) mass is 222 g/mol. The smallest absolute Gasteiger partial charge is 0.330 e. The van der Waals surface area contributed by atoms with Crippen molar-refractivity contribution in [3.05, 3.63) is 23.8 Å². The molecule has 1 saturated carbocycles. The molecule has 1 aliphatic rings. The second-order valence-electron chi connectivity index (χ2n) is 4.70. The van der Waals surface area contributed by atoms with Gasteiger partial charge in [-0.2, -0.15) is 0 Å². The minimum Gasteiger partial charge on any atom is -0.463 e. The van der Waals surface area contributed by atoms with Gasteiger partial charge in [-0.3, -0.25) is 0 Å². The highest BCUT2D eigenvalue weighted by molar-refractivity contribution is 5.82. The standard InChI is InChI=1S/C14H22O2/c1-5-16-14(15)9-13-8-12(10(2)3)7-6-11(13)4/h9,11-12H,2,5-8H2,1,3-4H3/b13-9+/t11-,12-/m0/s1. The average molecular weight is 222 g/mol. The molecule has 0 amide bonds. The summed E-state index contributed by atoms with van der Waals surface area (Å²) in [6, 6.07) is 0. The predicted molar refractivity (Wildman–Crippen MR) is 66.0 cm³/mol. The molecular formula is C14H22O2. The van der Waals surface area contributed by atoms with Crippen LogP contribution < -0.4 is 0 Å². The summed E-state index contributed by atoms with van der Waals surface area (Å²) in [6.07, 6.45) is 4.98. The van der Waals surface area contributed by atoms with Crippen LogP contribution in [0.4, 0.5) is 0 Å². The second-order valence-corrected chi connectivity index (χ2v) is 4.70. The highest BCUT2D eigenvalue weighted by Gasteiger charge is 2.23. The molecule has 0 aromatic heterocycles. The molecule has 0 spiro atoms. The van der Waals surface area contributed by atoms with Gasteiger partial charge in [-0.1, -0.05) is 24.6 Å². The van der Waals surface area contributed by atoms with Gasteiger partial charge >= 0.3 is 5.97 Å². The van der Waals surface area contributed by atoms with Crippen LogP contribution in [0.15, 0.2) is 23.8 Å². The highest BCUT2D eigenvalue weighted by Crippen LogP contribution is 2.36. The molecule has 2 atom stereocenters. The molecule has 1 rings (SSSR count). The van der Waals surface area contributed by atoms with E-state index in [4.69, 9.17) is 4.74 Å². The van der Waals surface area contributed by atoms with Gasteiger partial charge in [0.25, 0.3) is 0 Å². The van der Waals surface area contributed by atoms with E-state index in [0.29, 0.717) is 18.4 Å². The number of allylic oxidation sites excluding steroid dienone is 2. The van der Waals surface area contributed by atoms with Crippen molar-refractivity contribution in [1.82, 2.24) is 0 Å². The zero-order chi connectivity index (χ0) is 12.1. The Hall–Kier alpha value is -1.05. The first-order valence-corrected chi connectivity index (χ1v) is 6.07. The van der Waals surface area contributed by atoms with Crippen molar-refractivity contribution >= 4 is 5.97 Å². The molecule has 0 heterocycles. The topological polar surface area (TPSA) is 26.3 Å². The van der Waals surface area contributed by atoms with Gasteiger partial charge in [0.2, 0.25) is 0 Å². The molecule has 0 saturated heterocycles. The van der Waals surface area contributed by atoms with Crippen LogP contribution in [0, 0.1) is 11.8 Å². The quantitative estimate of drug-likeness (QED) is 0.415. The maximum Gasteiger partial charge on any atom is 0.330 e. The van der Waals surface area contributed by atoms with Gasteiger partial charge in [-0.15, -0.1) is 0 Å². The van der Waals surface area contributed by atoms with Crippen molar-refractivity contribution in [1.29, 1.82) is 0 Å². The minimum absolute atomic E-state index is 0.202. The lowest BCUT2D eigenvalue weighted by Gasteiger charge is -2.29. The van der Waals surface area contributed by atoms with Gasteiger partial charge in [0.05, 0.1) is 6.61 Å². The maximum atomic E-state index is 11.4. The fourth-order valence-electron chi connectivity index (χ4n) is 2.18. The number of hydrogen-bond donors (Lipinski definition) is 0. The Labute approximate surface area is 98.4 Å². The largest absolute Gasteiger partial charge is 0.463 e. The summed E-state index contributed by atoms with van der Waals surface area (Å²) in [5.74, 6) is 0.837. The lowest BCUT2D eigenvalue weighted by atomic mass is 9.76. The van der Waals surface area contributed by atoms with Crippen molar-refractivity contribution in [2.45, 2.75) is 40.0 Å². The molecule has 0 bridgehead atoms. The van der Waals surface area contributed by atoms with Crippen LogP contribution in [0.25, 0.3) is 0 Å². The fourth-order valence-corrected chi connectivity index (χ4v) is 2.18. The first-order valence-electron chi connectivity index (χ1n) is 6.07. The van der Waals surface area contributed by atoms with Crippen molar-refractivity contribution in [3.63, 3.8) is 0 Å². The summed E-state index contributed by atoms with van der Waals surface area (Å²) >= 11 is 0. The second kappa shape index (κ2) is 5.88. The van der Waals surface area contributed by atoms with E-state index >= 15 is 0 Å². The number of hydrogen-bond acceptors (Lipinski definition) is 2. The summed E-state index contributed by atoms with van der Waals surface area (Å²) in [5.41, 5.74) is 2.44. The van der Waals surface area contributed by atoms with E-state index in [1.54, 1.807) is 6.08 Å². The Morgan fingerprint density at radius 3 is 2.81 bits per heavy atom. The zero-order valence-electron chi connectivity index (χ0n) is 10.6. The van der Waals surface area contributed by atoms with Gasteiger partial charge in [0, 0.05) is 6.08 Å². The molecule has 0 aromatic rings. The van der Waals surface area contributed by atoms with Crippen LogP contribution in [0.2, 0.25) is 0 Å². The van der Waals surface area contributed by atoms with E-state index in [0.717, 1.165) is 12.8 Å². The highest BCUT2D eigenvalue weighted by atomic mass is 16.5. The molecule has 90 valence electrons. The van der Waals surface area contributed by atoms with Crippen molar-refractivity contribution in [2.24, 2.45) is 11.8 Å². The van der Waals surface area contributed by atoms with Crippen LogP contribution in [-0.4, -0.2) is 12.6 Å². The molecule has 2 nitrogen and oxygen atoms in total. The Balaban J connectivity index is 2.69. The van der Waals surface area contributed by atoms with Gasteiger partial charge in [0.15, 0.2) is 0 Å². The molecule has 0 N–H and O–H groups in total. The third kappa shape index (κ3) is 3.51. The van der Waals surface area contributed by atoms with E-state index in [1.165, 1.54) is 17.6 Å². The van der Waals surface area contributed by atoms with Crippen molar-refractivity contribution in [2.75, 3.05) is 6.61 Å². The molecule has 1 fully saturated rings. The van der Waals surface area contributed by atoms with Crippen LogP contribution in [0.3, 0.4) is 0 Å². The Bertz CT molecular complexity index is 302. The number of ether oxygens (including phenoxy) is 1. The van der Waals surface area contributed by atoms with Gasteiger partial charge < -0.3 is 4.74 Å². The normalized spacial score (nSPS) is 27.8. The number of carbonyl (C=O) groups is 1. The van der Waals surface area contributed by atoms with E-state index in [1.807, 2.05) is 6.92 Å². The third-order valence-electron chi connectivity index (χ3n) is 3.35. The van der Waals surface area contributed by atoms with Crippen LogP contribution in [-0.2, 0) is 9.53 Å². The number of carbonyl (C=O) groups excluding carboxylic acids is 1. The number of rotatable bonds is 3. The summed E-state index contributed by atoms with van der Waals surface area (Å²) < 4.78 is 4.95. The number of esters is 1. The van der Waals surface area contributed by atoms with Gasteiger partial charge in [0.1, 0.15) is 0 Å². The summed E-state index contributed by atoms with van der Waals surface area (Å²) in [7, 11) is 0. The van der Waals surface area contributed by atoms with Crippen LogP contribution >= 0.6 is 0 Å². The first kappa shape index (κ1) is 13.0. The van der Waals surface area contributed by atoms with E-state index in [-0.39, 0.29) is 5.97 Å². The fraction of sp³-hybridized carbons (Fsp3) is 0.643. The van der Waals surface area contributed by atoms with Gasteiger partial charge in [-0.25, -0.2) is 4.79 Å².